The Hall–Kier alpha value is -4.56. The SMILES string of the molecule is [C-]#[N+]c1cnc2c(c1)c(C(=O)C[C@H](C)CC(=O)N[C@@H](CCC(N)=O)C(=O)O)c(CCCCOCc1ccccc1)n2C. The molecule has 0 aliphatic rings. The summed E-state index contributed by atoms with van der Waals surface area (Å²) in [5.41, 5.74) is 8.43. The van der Waals surface area contributed by atoms with Crippen molar-refractivity contribution in [2.75, 3.05) is 6.61 Å². The first-order valence-corrected chi connectivity index (χ1v) is 13.9. The number of carboxylic acids is 1. The molecule has 3 rings (SSSR count). The molecule has 42 heavy (non-hydrogen) atoms. The van der Waals surface area contributed by atoms with Crippen LogP contribution >= 0.6 is 0 Å². The van der Waals surface area contributed by atoms with Gasteiger partial charge in [0, 0.05) is 55.8 Å². The molecule has 11 nitrogen and oxygen atoms in total. The molecule has 0 unspecified atom stereocenters. The van der Waals surface area contributed by atoms with Gasteiger partial charge in [0.1, 0.15) is 11.7 Å². The molecule has 2 amide bonds. The number of unbranched alkanes of at least 4 members (excludes halogenated alkanes) is 1. The molecule has 0 spiro atoms. The van der Waals surface area contributed by atoms with Crippen LogP contribution in [0.15, 0.2) is 42.6 Å². The van der Waals surface area contributed by atoms with E-state index in [1.54, 1.807) is 13.0 Å². The van der Waals surface area contributed by atoms with E-state index in [2.05, 4.69) is 15.1 Å². The third-order valence-electron chi connectivity index (χ3n) is 6.98. The molecule has 2 atom stereocenters. The third-order valence-corrected chi connectivity index (χ3v) is 6.98. The fourth-order valence-corrected chi connectivity index (χ4v) is 4.88. The van der Waals surface area contributed by atoms with Crippen LogP contribution in [0.1, 0.15) is 67.1 Å². The standard InChI is InChI=1S/C31H37N5O6/c1-20(16-28(39)35-24(31(40)41)12-13-27(32)38)15-26(37)29-23-17-22(33-2)18-34-30(23)36(3)25(29)11-7-8-14-42-19-21-9-5-4-6-10-21/h4-6,9-10,17-18,20,24H,7-8,11-16,19H2,1,3H3,(H2,32,38)(H,35,39)(H,40,41)/t20-,24-/m0/s1. The van der Waals surface area contributed by atoms with E-state index in [1.165, 1.54) is 6.20 Å². The van der Waals surface area contributed by atoms with Crippen molar-refractivity contribution < 1.29 is 29.0 Å². The fraction of sp³-hybridized carbons (Fsp3) is 0.419. The lowest BCUT2D eigenvalue weighted by atomic mass is 9.94. The van der Waals surface area contributed by atoms with Crippen LogP contribution in [0.3, 0.4) is 0 Å². The minimum atomic E-state index is -1.26. The number of fused-ring (bicyclic) bond motifs is 1. The number of aryl methyl sites for hydroxylation is 1. The van der Waals surface area contributed by atoms with Crippen LogP contribution in [0.5, 0.6) is 0 Å². The molecule has 1 aromatic carbocycles. The fourth-order valence-electron chi connectivity index (χ4n) is 4.88. The van der Waals surface area contributed by atoms with Crippen LogP contribution in [0.2, 0.25) is 0 Å². The Labute approximate surface area is 244 Å². The largest absolute Gasteiger partial charge is 0.480 e. The molecule has 2 aromatic heterocycles. The number of amides is 2. The normalized spacial score (nSPS) is 12.4. The lowest BCUT2D eigenvalue weighted by molar-refractivity contribution is -0.142. The van der Waals surface area contributed by atoms with Gasteiger partial charge in [0.15, 0.2) is 5.78 Å². The van der Waals surface area contributed by atoms with Gasteiger partial charge in [-0.1, -0.05) is 37.3 Å². The molecule has 0 fully saturated rings. The number of nitrogens with two attached hydrogens (primary N) is 1. The number of aromatic nitrogens is 2. The zero-order chi connectivity index (χ0) is 30.6. The number of benzene rings is 1. The number of Topliss-reactive ketones (excluding diaryl/α,β-unsaturated/α-hetero) is 1. The van der Waals surface area contributed by atoms with Gasteiger partial charge in [0.05, 0.1) is 13.2 Å². The van der Waals surface area contributed by atoms with E-state index in [9.17, 15) is 24.3 Å². The van der Waals surface area contributed by atoms with Gasteiger partial charge in [-0.25, -0.2) is 14.6 Å². The van der Waals surface area contributed by atoms with Gasteiger partial charge in [-0.05, 0) is 43.2 Å². The van der Waals surface area contributed by atoms with E-state index >= 15 is 0 Å². The number of primary amides is 1. The minimum absolute atomic E-state index is 0.0426. The summed E-state index contributed by atoms with van der Waals surface area (Å²) >= 11 is 0. The Balaban J connectivity index is 1.67. The molecule has 0 bridgehead atoms. The number of hydrogen-bond acceptors (Lipinski definition) is 6. The zero-order valence-corrected chi connectivity index (χ0v) is 24.0. The molecule has 2 heterocycles. The first-order chi connectivity index (χ1) is 20.1. The van der Waals surface area contributed by atoms with Gasteiger partial charge in [-0.3, -0.25) is 14.4 Å². The molecular weight excluding hydrogens is 538 g/mol. The number of nitrogens with one attached hydrogen (secondary N) is 1. The highest BCUT2D eigenvalue weighted by Crippen LogP contribution is 2.30. The number of rotatable bonds is 17. The van der Waals surface area contributed by atoms with Gasteiger partial charge >= 0.3 is 5.97 Å². The first-order valence-electron chi connectivity index (χ1n) is 13.9. The number of carbonyl (C=O) groups excluding carboxylic acids is 3. The van der Waals surface area contributed by atoms with Crippen LogP contribution in [0.25, 0.3) is 15.9 Å². The second-order valence-corrected chi connectivity index (χ2v) is 10.5. The second kappa shape index (κ2) is 15.4. The Morgan fingerprint density at radius 3 is 2.57 bits per heavy atom. The Kier molecular flexibility index (Phi) is 11.8. The highest BCUT2D eigenvalue weighted by atomic mass is 16.5. The average molecular weight is 576 g/mol. The molecule has 11 heteroatoms. The molecule has 0 saturated heterocycles. The van der Waals surface area contributed by atoms with Crippen molar-refractivity contribution >= 4 is 40.3 Å². The van der Waals surface area contributed by atoms with Crippen molar-refractivity contribution in [3.05, 3.63) is 70.8 Å². The van der Waals surface area contributed by atoms with E-state index in [0.29, 0.717) is 41.9 Å². The number of nitrogens with zero attached hydrogens (tertiary/aromatic N) is 3. The number of carboxylic acid groups (broad SMARTS) is 1. The maximum Gasteiger partial charge on any atom is 0.326 e. The summed E-state index contributed by atoms with van der Waals surface area (Å²) in [6.45, 7) is 10.2. The highest BCUT2D eigenvalue weighted by molar-refractivity contribution is 6.09. The summed E-state index contributed by atoms with van der Waals surface area (Å²) in [6, 6.07) is 10.3. The van der Waals surface area contributed by atoms with Gasteiger partial charge in [0.25, 0.3) is 0 Å². The molecule has 3 aromatic rings. The van der Waals surface area contributed by atoms with Crippen LogP contribution in [0.4, 0.5) is 5.69 Å². The molecule has 0 aliphatic heterocycles. The number of aliphatic carboxylic acids is 1. The number of ether oxygens (including phenoxy) is 1. The summed E-state index contributed by atoms with van der Waals surface area (Å²) in [7, 11) is 1.85. The zero-order valence-electron chi connectivity index (χ0n) is 24.0. The van der Waals surface area contributed by atoms with Crippen molar-refractivity contribution in [2.45, 2.75) is 64.5 Å². The number of hydrogen-bond donors (Lipinski definition) is 3. The average Bonchev–Trinajstić information content (AvgIpc) is 3.23. The van der Waals surface area contributed by atoms with Crippen LogP contribution in [0, 0.1) is 12.5 Å². The van der Waals surface area contributed by atoms with Gasteiger partial charge < -0.3 is 25.5 Å². The maximum atomic E-state index is 13.7. The monoisotopic (exact) mass is 575 g/mol. The predicted octanol–water partition coefficient (Wildman–Crippen LogP) is 4.10. The summed E-state index contributed by atoms with van der Waals surface area (Å²) < 4.78 is 7.68. The number of pyridine rings is 1. The topological polar surface area (TPSA) is 158 Å². The Morgan fingerprint density at radius 1 is 1.17 bits per heavy atom. The summed E-state index contributed by atoms with van der Waals surface area (Å²) in [4.78, 5) is 56.6. The van der Waals surface area contributed by atoms with Gasteiger partial charge in [0.2, 0.25) is 17.5 Å². The van der Waals surface area contributed by atoms with Crippen LogP contribution < -0.4 is 11.1 Å². The van der Waals surface area contributed by atoms with Crippen molar-refractivity contribution in [3.8, 4) is 0 Å². The molecule has 0 radical (unpaired) electrons. The van der Waals surface area contributed by atoms with Crippen molar-refractivity contribution in [1.82, 2.24) is 14.9 Å². The lowest BCUT2D eigenvalue weighted by Gasteiger charge is -2.16. The lowest BCUT2D eigenvalue weighted by Crippen LogP contribution is -2.41. The van der Waals surface area contributed by atoms with Crippen LogP contribution in [-0.4, -0.2) is 50.9 Å². The summed E-state index contributed by atoms with van der Waals surface area (Å²) in [5, 5.41) is 12.4. The molecule has 222 valence electrons. The molecule has 4 N–H and O–H groups in total. The molecule has 0 saturated carbocycles. The predicted molar refractivity (Wildman–Crippen MR) is 157 cm³/mol. The van der Waals surface area contributed by atoms with Crippen molar-refractivity contribution in [2.24, 2.45) is 18.7 Å². The van der Waals surface area contributed by atoms with Crippen LogP contribution in [-0.2, 0) is 39.2 Å². The molecular formula is C31H37N5O6. The van der Waals surface area contributed by atoms with Crippen molar-refractivity contribution in [3.63, 3.8) is 0 Å². The maximum absolute atomic E-state index is 13.7. The van der Waals surface area contributed by atoms with Gasteiger partial charge in [-0.2, -0.15) is 0 Å². The van der Waals surface area contributed by atoms with E-state index in [-0.39, 0.29) is 31.5 Å². The Bertz CT molecular complexity index is 1460. The summed E-state index contributed by atoms with van der Waals surface area (Å²) in [5.74, 6) is -3.02. The van der Waals surface area contributed by atoms with Gasteiger partial charge in [-0.15, -0.1) is 0 Å². The third kappa shape index (κ3) is 8.97. The van der Waals surface area contributed by atoms with E-state index in [1.807, 2.05) is 41.9 Å². The summed E-state index contributed by atoms with van der Waals surface area (Å²) in [6.07, 6.45) is 3.33. The highest BCUT2D eigenvalue weighted by Gasteiger charge is 2.26. The number of ketones is 1. The van der Waals surface area contributed by atoms with E-state index < -0.39 is 29.7 Å². The molecule has 0 aliphatic carbocycles. The minimum Gasteiger partial charge on any atom is -0.480 e. The second-order valence-electron chi connectivity index (χ2n) is 10.5. The quantitative estimate of drug-likeness (QED) is 0.124. The first kappa shape index (κ1) is 32.0. The van der Waals surface area contributed by atoms with E-state index in [4.69, 9.17) is 17.0 Å². The van der Waals surface area contributed by atoms with Crippen molar-refractivity contribution in [1.29, 1.82) is 0 Å². The van der Waals surface area contributed by atoms with E-state index in [0.717, 1.165) is 24.1 Å². The smallest absolute Gasteiger partial charge is 0.326 e. The number of carbonyl (C=O) groups is 4. The Morgan fingerprint density at radius 2 is 1.90 bits per heavy atom.